The normalized spacial score (nSPS) is 15.1. The minimum atomic E-state index is -0.882. The first-order valence-electron chi connectivity index (χ1n) is 7.15. The zero-order valence-corrected chi connectivity index (χ0v) is 12.5. The number of carbonyl (C=O) groups is 2. The van der Waals surface area contributed by atoms with Crippen LogP contribution in [0, 0.1) is 10.1 Å². The van der Waals surface area contributed by atoms with Crippen LogP contribution in [0.25, 0.3) is 0 Å². The molecule has 1 fully saturated rings. The highest BCUT2D eigenvalue weighted by Gasteiger charge is 2.19. The maximum atomic E-state index is 12.2. The Morgan fingerprint density at radius 3 is 2.61 bits per heavy atom. The Hall–Kier alpha value is -2.52. The first kappa shape index (κ1) is 16.8. The predicted molar refractivity (Wildman–Crippen MR) is 81.2 cm³/mol. The van der Waals surface area contributed by atoms with Crippen molar-refractivity contribution in [2.24, 2.45) is 5.73 Å². The number of primary amides is 1. The van der Waals surface area contributed by atoms with Gasteiger partial charge in [0.25, 0.3) is 11.6 Å². The Morgan fingerprint density at radius 1 is 1.30 bits per heavy atom. The number of nitro groups is 1. The lowest BCUT2D eigenvalue weighted by Crippen LogP contribution is -2.41. The zero-order chi connectivity index (χ0) is 16.8. The third-order valence-electron chi connectivity index (χ3n) is 3.54. The standard InChI is InChI=1S/C14H18N4O5/c15-13(19)12-9-10(18(21)22)1-2-11(12)14(20)16-3-4-17-5-7-23-8-6-17/h1-2,9H,3-8H2,(H2,15,19)(H,16,20). The van der Waals surface area contributed by atoms with Crippen LogP contribution in [0.15, 0.2) is 18.2 Å². The molecule has 2 amide bonds. The maximum absolute atomic E-state index is 12.2. The Balaban J connectivity index is 2.00. The molecule has 3 N–H and O–H groups in total. The number of nitro benzene ring substituents is 1. The van der Waals surface area contributed by atoms with E-state index < -0.39 is 16.7 Å². The maximum Gasteiger partial charge on any atom is 0.270 e. The molecule has 0 aromatic heterocycles. The monoisotopic (exact) mass is 322 g/mol. The molecule has 1 aromatic rings. The number of nitrogens with zero attached hydrogens (tertiary/aromatic N) is 2. The Labute approximate surface area is 132 Å². The van der Waals surface area contributed by atoms with E-state index in [2.05, 4.69) is 10.2 Å². The smallest absolute Gasteiger partial charge is 0.270 e. The minimum Gasteiger partial charge on any atom is -0.379 e. The van der Waals surface area contributed by atoms with Gasteiger partial charge in [0, 0.05) is 38.3 Å². The third kappa shape index (κ3) is 4.47. The van der Waals surface area contributed by atoms with Crippen LogP contribution >= 0.6 is 0 Å². The van der Waals surface area contributed by atoms with Gasteiger partial charge in [0.05, 0.1) is 29.3 Å². The van der Waals surface area contributed by atoms with Crippen molar-refractivity contribution in [3.8, 4) is 0 Å². The predicted octanol–water partition coefficient (Wildman–Crippen LogP) is -0.244. The molecule has 23 heavy (non-hydrogen) atoms. The van der Waals surface area contributed by atoms with Crippen LogP contribution in [0.2, 0.25) is 0 Å². The van der Waals surface area contributed by atoms with Crippen LogP contribution in [0.5, 0.6) is 0 Å². The number of ether oxygens (including phenoxy) is 1. The van der Waals surface area contributed by atoms with E-state index in [1.54, 1.807) is 0 Å². The SMILES string of the molecule is NC(=O)c1cc([N+](=O)[O-])ccc1C(=O)NCCN1CCOCC1. The summed E-state index contributed by atoms with van der Waals surface area (Å²) in [5, 5.41) is 13.4. The first-order valence-corrected chi connectivity index (χ1v) is 7.15. The molecule has 1 aliphatic heterocycles. The summed E-state index contributed by atoms with van der Waals surface area (Å²) in [7, 11) is 0. The van der Waals surface area contributed by atoms with Crippen molar-refractivity contribution < 1.29 is 19.2 Å². The molecule has 0 spiro atoms. The molecule has 9 nitrogen and oxygen atoms in total. The second kappa shape index (κ2) is 7.65. The number of hydrogen-bond acceptors (Lipinski definition) is 6. The van der Waals surface area contributed by atoms with E-state index in [-0.39, 0.29) is 16.8 Å². The van der Waals surface area contributed by atoms with Crippen LogP contribution in [0.1, 0.15) is 20.7 Å². The summed E-state index contributed by atoms with van der Waals surface area (Å²) >= 11 is 0. The van der Waals surface area contributed by atoms with E-state index in [9.17, 15) is 19.7 Å². The van der Waals surface area contributed by atoms with E-state index >= 15 is 0 Å². The Kier molecular flexibility index (Phi) is 5.61. The van der Waals surface area contributed by atoms with Gasteiger partial charge in [-0.05, 0) is 6.07 Å². The number of morpholine rings is 1. The van der Waals surface area contributed by atoms with Crippen molar-refractivity contribution in [3.05, 3.63) is 39.4 Å². The highest BCUT2D eigenvalue weighted by atomic mass is 16.6. The van der Waals surface area contributed by atoms with Crippen molar-refractivity contribution in [3.63, 3.8) is 0 Å². The van der Waals surface area contributed by atoms with Crippen LogP contribution < -0.4 is 11.1 Å². The summed E-state index contributed by atoms with van der Waals surface area (Å²) in [6.07, 6.45) is 0. The lowest BCUT2D eigenvalue weighted by Gasteiger charge is -2.26. The zero-order valence-electron chi connectivity index (χ0n) is 12.5. The molecule has 1 aromatic carbocycles. The Bertz CT molecular complexity index is 613. The summed E-state index contributed by atoms with van der Waals surface area (Å²) in [5.74, 6) is -1.37. The molecule has 1 aliphatic rings. The highest BCUT2D eigenvalue weighted by Crippen LogP contribution is 2.17. The van der Waals surface area contributed by atoms with Gasteiger partial charge in [-0.3, -0.25) is 24.6 Å². The number of hydrogen-bond donors (Lipinski definition) is 2. The molecular weight excluding hydrogens is 304 g/mol. The van der Waals surface area contributed by atoms with Gasteiger partial charge in [-0.15, -0.1) is 0 Å². The summed E-state index contributed by atoms with van der Waals surface area (Å²) in [4.78, 5) is 35.8. The number of amides is 2. The summed E-state index contributed by atoms with van der Waals surface area (Å²) < 4.78 is 5.23. The van der Waals surface area contributed by atoms with Crippen LogP contribution in [0.4, 0.5) is 5.69 Å². The molecule has 9 heteroatoms. The lowest BCUT2D eigenvalue weighted by molar-refractivity contribution is -0.384. The summed E-state index contributed by atoms with van der Waals surface area (Å²) in [5.41, 5.74) is 4.78. The fourth-order valence-corrected chi connectivity index (χ4v) is 2.30. The summed E-state index contributed by atoms with van der Waals surface area (Å²) in [6.45, 7) is 4.01. The van der Waals surface area contributed by atoms with Crippen LogP contribution in [-0.4, -0.2) is 61.0 Å². The van der Waals surface area contributed by atoms with Crippen molar-refractivity contribution in [1.29, 1.82) is 0 Å². The van der Waals surface area contributed by atoms with Gasteiger partial charge in [-0.2, -0.15) is 0 Å². The number of benzene rings is 1. The van der Waals surface area contributed by atoms with Gasteiger partial charge in [0.1, 0.15) is 0 Å². The molecule has 2 rings (SSSR count). The van der Waals surface area contributed by atoms with Crippen molar-refractivity contribution in [2.75, 3.05) is 39.4 Å². The first-order chi connectivity index (χ1) is 11.0. The van der Waals surface area contributed by atoms with Gasteiger partial charge in [0.2, 0.25) is 5.91 Å². The van der Waals surface area contributed by atoms with Gasteiger partial charge in [0.15, 0.2) is 0 Å². The molecule has 1 saturated heterocycles. The number of non-ortho nitro benzene ring substituents is 1. The van der Waals surface area contributed by atoms with E-state index in [0.29, 0.717) is 26.3 Å². The molecule has 124 valence electrons. The number of rotatable bonds is 6. The minimum absolute atomic E-state index is 0.0325. The van der Waals surface area contributed by atoms with Gasteiger partial charge >= 0.3 is 0 Å². The lowest BCUT2D eigenvalue weighted by atomic mass is 10.1. The van der Waals surface area contributed by atoms with Gasteiger partial charge in [-0.25, -0.2) is 0 Å². The quantitative estimate of drug-likeness (QED) is 0.549. The fourth-order valence-electron chi connectivity index (χ4n) is 2.30. The molecule has 1 heterocycles. The number of carbonyl (C=O) groups excluding carboxylic acids is 2. The van der Waals surface area contributed by atoms with Crippen molar-refractivity contribution >= 4 is 17.5 Å². The largest absolute Gasteiger partial charge is 0.379 e. The van der Waals surface area contributed by atoms with Gasteiger partial charge < -0.3 is 15.8 Å². The van der Waals surface area contributed by atoms with Crippen molar-refractivity contribution in [1.82, 2.24) is 10.2 Å². The molecule has 0 bridgehead atoms. The van der Waals surface area contributed by atoms with Crippen LogP contribution in [-0.2, 0) is 4.74 Å². The van der Waals surface area contributed by atoms with E-state index in [1.165, 1.54) is 12.1 Å². The highest BCUT2D eigenvalue weighted by molar-refractivity contribution is 6.07. The van der Waals surface area contributed by atoms with E-state index in [4.69, 9.17) is 10.5 Å². The molecule has 0 saturated carbocycles. The van der Waals surface area contributed by atoms with E-state index in [0.717, 1.165) is 19.2 Å². The average Bonchev–Trinajstić information content (AvgIpc) is 2.55. The second-order valence-electron chi connectivity index (χ2n) is 5.06. The fraction of sp³-hybridized carbons (Fsp3) is 0.429. The van der Waals surface area contributed by atoms with Crippen molar-refractivity contribution in [2.45, 2.75) is 0 Å². The topological polar surface area (TPSA) is 128 Å². The molecule has 0 atom stereocenters. The molecule has 0 unspecified atom stereocenters. The number of nitrogens with one attached hydrogen (secondary N) is 1. The van der Waals surface area contributed by atoms with Gasteiger partial charge in [-0.1, -0.05) is 0 Å². The van der Waals surface area contributed by atoms with Crippen LogP contribution in [0.3, 0.4) is 0 Å². The summed E-state index contributed by atoms with van der Waals surface area (Å²) in [6, 6.07) is 3.42. The molecule has 0 aliphatic carbocycles. The molecular formula is C14H18N4O5. The molecule has 0 radical (unpaired) electrons. The average molecular weight is 322 g/mol. The second-order valence-corrected chi connectivity index (χ2v) is 5.06. The third-order valence-corrected chi connectivity index (χ3v) is 3.54. The number of nitrogens with two attached hydrogens (primary N) is 1. The van der Waals surface area contributed by atoms with E-state index in [1.807, 2.05) is 0 Å². The Morgan fingerprint density at radius 2 is 2.00 bits per heavy atom.